The smallest absolute Gasteiger partial charge is 0.328 e. The molecule has 3 nitrogen and oxygen atoms in total. The first-order valence-electron chi connectivity index (χ1n) is 6.41. The van der Waals surface area contributed by atoms with Crippen molar-refractivity contribution in [1.82, 2.24) is 0 Å². The van der Waals surface area contributed by atoms with Gasteiger partial charge in [-0.2, -0.15) is 0 Å². The van der Waals surface area contributed by atoms with Gasteiger partial charge in [0.05, 0.1) is 0 Å². The van der Waals surface area contributed by atoms with Gasteiger partial charge >= 0.3 is 5.97 Å². The van der Waals surface area contributed by atoms with Gasteiger partial charge in [-0.05, 0) is 55.8 Å². The van der Waals surface area contributed by atoms with Crippen LogP contribution in [0.25, 0.3) is 6.08 Å². The van der Waals surface area contributed by atoms with E-state index in [1.807, 2.05) is 19.1 Å². The van der Waals surface area contributed by atoms with Crippen LogP contribution in [0.1, 0.15) is 16.7 Å². The summed E-state index contributed by atoms with van der Waals surface area (Å²) in [5.74, 6) is -0.298. The molecular weight excluding hydrogens is 271 g/mol. The van der Waals surface area contributed by atoms with Crippen molar-refractivity contribution in [3.63, 3.8) is 0 Å². The summed E-state index contributed by atoms with van der Waals surface area (Å²) in [6.07, 6.45) is 2.53. The number of aliphatic carboxylic acids is 1. The Hall–Kier alpha value is -2.62. The molecular formula is C17H15FO3. The number of benzene rings is 2. The van der Waals surface area contributed by atoms with Crippen molar-refractivity contribution in [3.05, 3.63) is 65.0 Å². The lowest BCUT2D eigenvalue weighted by Gasteiger charge is -2.12. The molecule has 0 radical (unpaired) electrons. The summed E-state index contributed by atoms with van der Waals surface area (Å²) < 4.78 is 18.9. The van der Waals surface area contributed by atoms with Crippen LogP contribution in [0.15, 0.2) is 42.5 Å². The van der Waals surface area contributed by atoms with Gasteiger partial charge in [0.2, 0.25) is 0 Å². The van der Waals surface area contributed by atoms with Crippen LogP contribution in [0.3, 0.4) is 0 Å². The first-order valence-corrected chi connectivity index (χ1v) is 6.41. The number of ether oxygens (including phenoxy) is 1. The Morgan fingerprint density at radius 3 is 2.52 bits per heavy atom. The lowest BCUT2D eigenvalue weighted by atomic mass is 10.1. The molecule has 2 aromatic carbocycles. The normalized spacial score (nSPS) is 10.8. The van der Waals surface area contributed by atoms with Gasteiger partial charge in [-0.1, -0.05) is 11.6 Å². The molecule has 0 saturated heterocycles. The molecule has 1 N–H and O–H groups in total. The Bertz CT molecular complexity index is 705. The van der Waals surface area contributed by atoms with Crippen molar-refractivity contribution in [1.29, 1.82) is 0 Å². The van der Waals surface area contributed by atoms with Crippen molar-refractivity contribution in [3.8, 4) is 11.5 Å². The van der Waals surface area contributed by atoms with Gasteiger partial charge in [0.25, 0.3) is 0 Å². The molecule has 2 aromatic rings. The van der Waals surface area contributed by atoms with Gasteiger partial charge in [0.1, 0.15) is 17.3 Å². The van der Waals surface area contributed by atoms with E-state index in [0.717, 1.165) is 11.6 Å². The SMILES string of the molecule is Cc1ccc(Oc2ccc(F)cc2C)c(/C=C/C(=O)O)c1. The fourth-order valence-electron chi connectivity index (χ4n) is 1.90. The molecule has 0 aliphatic heterocycles. The lowest BCUT2D eigenvalue weighted by molar-refractivity contribution is -0.131. The van der Waals surface area contributed by atoms with Gasteiger partial charge in [0, 0.05) is 11.6 Å². The average Bonchev–Trinajstić information content (AvgIpc) is 2.41. The highest BCUT2D eigenvalue weighted by atomic mass is 19.1. The van der Waals surface area contributed by atoms with E-state index >= 15 is 0 Å². The zero-order chi connectivity index (χ0) is 15.4. The standard InChI is InChI=1S/C17H15FO3/c1-11-3-6-16(13(9-11)4-8-17(19)20)21-15-7-5-14(18)10-12(15)2/h3-10H,1-2H3,(H,19,20)/b8-4+. The first kappa shape index (κ1) is 14.8. The molecule has 0 fully saturated rings. The summed E-state index contributed by atoms with van der Waals surface area (Å²) in [5.41, 5.74) is 2.31. The van der Waals surface area contributed by atoms with Crippen molar-refractivity contribution >= 4 is 12.0 Å². The summed E-state index contributed by atoms with van der Waals surface area (Å²) in [6, 6.07) is 9.72. The molecule has 21 heavy (non-hydrogen) atoms. The zero-order valence-electron chi connectivity index (χ0n) is 11.8. The maximum Gasteiger partial charge on any atom is 0.328 e. The van der Waals surface area contributed by atoms with Gasteiger partial charge in [0.15, 0.2) is 0 Å². The predicted octanol–water partition coefficient (Wildman–Crippen LogP) is 4.33. The summed E-state index contributed by atoms with van der Waals surface area (Å²) in [7, 11) is 0. The van der Waals surface area contributed by atoms with Crippen molar-refractivity contribution in [2.24, 2.45) is 0 Å². The van der Waals surface area contributed by atoms with Crippen LogP contribution in [0.5, 0.6) is 11.5 Å². The average molecular weight is 286 g/mol. The molecule has 0 spiro atoms. The van der Waals surface area contributed by atoms with E-state index in [2.05, 4.69) is 0 Å². The molecule has 2 rings (SSSR count). The second kappa shape index (κ2) is 6.22. The van der Waals surface area contributed by atoms with Crippen molar-refractivity contribution in [2.45, 2.75) is 13.8 Å². The van der Waals surface area contributed by atoms with E-state index in [9.17, 15) is 9.18 Å². The van der Waals surface area contributed by atoms with Crippen LogP contribution < -0.4 is 4.74 Å². The van der Waals surface area contributed by atoms with E-state index in [1.165, 1.54) is 18.2 Å². The van der Waals surface area contributed by atoms with Crippen LogP contribution in [0.2, 0.25) is 0 Å². The minimum Gasteiger partial charge on any atom is -0.478 e. The number of aryl methyl sites for hydroxylation is 2. The first-order chi connectivity index (χ1) is 9.95. The third-order valence-electron chi connectivity index (χ3n) is 2.93. The minimum atomic E-state index is -1.03. The minimum absolute atomic E-state index is 0.324. The highest BCUT2D eigenvalue weighted by molar-refractivity contribution is 5.86. The molecule has 0 aliphatic carbocycles. The summed E-state index contributed by atoms with van der Waals surface area (Å²) in [5, 5.41) is 8.73. The molecule has 0 bridgehead atoms. The van der Waals surface area contributed by atoms with E-state index in [-0.39, 0.29) is 5.82 Å². The topological polar surface area (TPSA) is 46.5 Å². The molecule has 0 unspecified atom stereocenters. The van der Waals surface area contributed by atoms with Gasteiger partial charge < -0.3 is 9.84 Å². The number of rotatable bonds is 4. The Balaban J connectivity index is 2.37. The van der Waals surface area contributed by atoms with Gasteiger partial charge in [-0.15, -0.1) is 0 Å². The van der Waals surface area contributed by atoms with Gasteiger partial charge in [-0.3, -0.25) is 0 Å². The van der Waals surface area contributed by atoms with E-state index in [0.29, 0.717) is 22.6 Å². The monoisotopic (exact) mass is 286 g/mol. The van der Waals surface area contributed by atoms with E-state index in [1.54, 1.807) is 19.1 Å². The summed E-state index contributed by atoms with van der Waals surface area (Å²) >= 11 is 0. The van der Waals surface area contributed by atoms with E-state index < -0.39 is 5.97 Å². The quantitative estimate of drug-likeness (QED) is 0.851. The fraction of sp³-hybridized carbons (Fsp3) is 0.118. The molecule has 0 saturated carbocycles. The second-order valence-corrected chi connectivity index (χ2v) is 4.72. The molecule has 0 aliphatic rings. The van der Waals surface area contributed by atoms with Crippen molar-refractivity contribution < 1.29 is 19.0 Å². The van der Waals surface area contributed by atoms with Crippen LogP contribution in [0.4, 0.5) is 4.39 Å². The highest BCUT2D eigenvalue weighted by Crippen LogP contribution is 2.29. The second-order valence-electron chi connectivity index (χ2n) is 4.72. The third-order valence-corrected chi connectivity index (χ3v) is 2.93. The molecule has 108 valence electrons. The number of carboxylic acid groups (broad SMARTS) is 1. The Morgan fingerprint density at radius 2 is 1.86 bits per heavy atom. The number of hydrogen-bond donors (Lipinski definition) is 1. The number of carboxylic acids is 1. The Labute approximate surface area is 122 Å². The van der Waals surface area contributed by atoms with Crippen molar-refractivity contribution in [2.75, 3.05) is 0 Å². The molecule has 0 heterocycles. The summed E-state index contributed by atoms with van der Waals surface area (Å²) in [4.78, 5) is 10.6. The zero-order valence-corrected chi connectivity index (χ0v) is 11.8. The van der Waals surface area contributed by atoms with Crippen LogP contribution in [0, 0.1) is 19.7 Å². The van der Waals surface area contributed by atoms with Gasteiger partial charge in [-0.25, -0.2) is 9.18 Å². The third kappa shape index (κ3) is 3.92. The maximum absolute atomic E-state index is 13.1. The Morgan fingerprint density at radius 1 is 1.14 bits per heavy atom. The Kier molecular flexibility index (Phi) is 4.38. The van der Waals surface area contributed by atoms with Crippen LogP contribution in [-0.2, 0) is 4.79 Å². The van der Waals surface area contributed by atoms with E-state index in [4.69, 9.17) is 9.84 Å². The number of hydrogen-bond acceptors (Lipinski definition) is 2. The summed E-state index contributed by atoms with van der Waals surface area (Å²) in [6.45, 7) is 3.66. The number of carbonyl (C=O) groups is 1. The molecule has 0 amide bonds. The number of halogens is 1. The molecule has 4 heteroatoms. The molecule has 0 aromatic heterocycles. The van der Waals surface area contributed by atoms with Crippen LogP contribution >= 0.6 is 0 Å². The predicted molar refractivity (Wildman–Crippen MR) is 79.1 cm³/mol. The maximum atomic E-state index is 13.1. The fourth-order valence-corrected chi connectivity index (χ4v) is 1.90. The van der Waals surface area contributed by atoms with Crippen LogP contribution in [-0.4, -0.2) is 11.1 Å². The highest BCUT2D eigenvalue weighted by Gasteiger charge is 2.07. The molecule has 0 atom stereocenters. The lowest BCUT2D eigenvalue weighted by Crippen LogP contribution is -1.92. The largest absolute Gasteiger partial charge is 0.478 e.